The van der Waals surface area contributed by atoms with E-state index in [1.54, 1.807) is 0 Å². The van der Waals surface area contributed by atoms with E-state index in [0.717, 1.165) is 6.07 Å². The van der Waals surface area contributed by atoms with E-state index >= 15 is 0 Å². The molecule has 2 N–H and O–H groups in total. The Morgan fingerprint density at radius 3 is 2.64 bits per heavy atom. The first-order valence-electron chi connectivity index (χ1n) is 3.39. The lowest BCUT2D eigenvalue weighted by atomic mass is 10.2. The van der Waals surface area contributed by atoms with E-state index < -0.39 is 10.3 Å². The minimum absolute atomic E-state index is 0.0136. The molecular weight excluding hydrogens is 210 g/mol. The number of nitrogens with zero attached hydrogens (tertiary/aromatic N) is 1. The molecule has 0 spiro atoms. The van der Waals surface area contributed by atoms with Crippen molar-refractivity contribution in [1.82, 2.24) is 0 Å². The fourth-order valence-electron chi connectivity index (χ4n) is 0.845. The molecule has 1 aromatic carbocycles. The van der Waals surface area contributed by atoms with Gasteiger partial charge in [-0.25, -0.2) is 4.79 Å². The SMILES string of the molecule is O=C(O)c1cc(O)ccc1S[N+](=O)[O-]. The van der Waals surface area contributed by atoms with Gasteiger partial charge in [-0.05, 0) is 18.2 Å². The zero-order valence-corrected chi connectivity index (χ0v) is 7.52. The van der Waals surface area contributed by atoms with Crippen molar-refractivity contribution in [3.63, 3.8) is 0 Å². The molecule has 6 nitrogen and oxygen atoms in total. The molecule has 0 atom stereocenters. The summed E-state index contributed by atoms with van der Waals surface area (Å²) in [5, 5.41) is 27.8. The fourth-order valence-corrected chi connectivity index (χ4v) is 1.38. The highest BCUT2D eigenvalue weighted by Gasteiger charge is 2.17. The molecule has 0 unspecified atom stereocenters. The number of phenols is 1. The minimum Gasteiger partial charge on any atom is -0.508 e. The number of nitro groups is 1. The zero-order chi connectivity index (χ0) is 10.7. The van der Waals surface area contributed by atoms with Gasteiger partial charge in [-0.3, -0.25) is 10.1 Å². The van der Waals surface area contributed by atoms with Gasteiger partial charge in [0.1, 0.15) is 10.1 Å². The molecule has 1 aromatic rings. The zero-order valence-electron chi connectivity index (χ0n) is 6.71. The first-order chi connectivity index (χ1) is 6.50. The van der Waals surface area contributed by atoms with Crippen LogP contribution in [0.15, 0.2) is 23.1 Å². The van der Waals surface area contributed by atoms with Crippen LogP contribution in [0.1, 0.15) is 10.4 Å². The largest absolute Gasteiger partial charge is 0.508 e. The number of benzene rings is 1. The summed E-state index contributed by atoms with van der Waals surface area (Å²) in [7, 11) is 0. The van der Waals surface area contributed by atoms with Crippen LogP contribution in [0.25, 0.3) is 0 Å². The first kappa shape index (κ1) is 10.3. The molecule has 74 valence electrons. The van der Waals surface area contributed by atoms with E-state index in [0.29, 0.717) is 0 Å². The Balaban J connectivity index is 3.14. The normalized spacial score (nSPS) is 9.71. The maximum Gasteiger partial charge on any atom is 0.337 e. The van der Waals surface area contributed by atoms with Gasteiger partial charge in [-0.15, -0.1) is 0 Å². The molecule has 0 aliphatic rings. The number of hydrogen-bond acceptors (Lipinski definition) is 5. The molecule has 0 aliphatic heterocycles. The van der Waals surface area contributed by atoms with E-state index in [1.165, 1.54) is 12.1 Å². The number of phenolic OH excluding ortho intramolecular Hbond substituents is 1. The molecule has 0 bridgehead atoms. The molecule has 0 saturated carbocycles. The summed E-state index contributed by atoms with van der Waals surface area (Å²) < 4.78 is -0.710. The van der Waals surface area contributed by atoms with E-state index in [4.69, 9.17) is 10.2 Å². The summed E-state index contributed by atoms with van der Waals surface area (Å²) in [5.74, 6) is -1.56. The lowest BCUT2D eigenvalue weighted by molar-refractivity contribution is -0.284. The van der Waals surface area contributed by atoms with Gasteiger partial charge in [-0.1, -0.05) is 0 Å². The first-order valence-corrected chi connectivity index (χ1v) is 4.16. The highest BCUT2D eigenvalue weighted by atomic mass is 32.2. The summed E-state index contributed by atoms with van der Waals surface area (Å²) in [6.07, 6.45) is 0. The molecule has 0 saturated heterocycles. The molecule has 0 amide bonds. The van der Waals surface area contributed by atoms with Gasteiger partial charge < -0.3 is 10.2 Å². The van der Waals surface area contributed by atoms with Crippen molar-refractivity contribution < 1.29 is 19.3 Å². The van der Waals surface area contributed by atoms with Crippen LogP contribution in [-0.2, 0) is 0 Å². The van der Waals surface area contributed by atoms with Crippen molar-refractivity contribution >= 4 is 17.9 Å². The number of carboxylic acids is 1. The number of rotatable bonds is 3. The molecule has 0 aromatic heterocycles. The average molecular weight is 215 g/mol. The quantitative estimate of drug-likeness (QED) is 0.448. The van der Waals surface area contributed by atoms with Crippen molar-refractivity contribution in [3.8, 4) is 5.75 Å². The molecule has 0 heterocycles. The summed E-state index contributed by atoms with van der Waals surface area (Å²) >= 11 is 0.192. The van der Waals surface area contributed by atoms with E-state index in [9.17, 15) is 14.9 Å². The van der Waals surface area contributed by atoms with Gasteiger partial charge in [0.2, 0.25) is 0 Å². The van der Waals surface area contributed by atoms with Crippen molar-refractivity contribution in [2.75, 3.05) is 0 Å². The Labute approximate surface area is 82.5 Å². The molecule has 0 aliphatic carbocycles. The number of aromatic hydroxyl groups is 1. The fraction of sp³-hybridized carbons (Fsp3) is 0. The van der Waals surface area contributed by atoms with E-state index in [2.05, 4.69) is 0 Å². The van der Waals surface area contributed by atoms with Crippen LogP contribution in [-0.4, -0.2) is 20.5 Å². The third kappa shape index (κ3) is 2.36. The maximum atomic E-state index is 10.6. The summed E-state index contributed by atoms with van der Waals surface area (Å²) in [5.41, 5.74) is -0.285. The van der Waals surface area contributed by atoms with Gasteiger partial charge >= 0.3 is 5.97 Å². The minimum atomic E-state index is -1.31. The Morgan fingerprint density at radius 1 is 1.50 bits per heavy atom. The average Bonchev–Trinajstić information content (AvgIpc) is 2.07. The molecule has 14 heavy (non-hydrogen) atoms. The predicted molar refractivity (Wildman–Crippen MR) is 47.9 cm³/mol. The monoisotopic (exact) mass is 215 g/mol. The Morgan fingerprint density at radius 2 is 2.14 bits per heavy atom. The van der Waals surface area contributed by atoms with E-state index in [-0.39, 0.29) is 28.2 Å². The number of carboxylic acid groups (broad SMARTS) is 1. The van der Waals surface area contributed by atoms with E-state index in [1.807, 2.05) is 0 Å². The Kier molecular flexibility index (Phi) is 2.92. The van der Waals surface area contributed by atoms with Gasteiger partial charge in [0, 0.05) is 0 Å². The standard InChI is InChI=1S/C7H5NO5S/c9-4-1-2-6(14-8(12)13)5(3-4)7(10)11/h1-3,9H,(H,10,11). The summed E-state index contributed by atoms with van der Waals surface area (Å²) in [6, 6.07) is 3.35. The second kappa shape index (κ2) is 3.97. The molecule has 0 fully saturated rings. The smallest absolute Gasteiger partial charge is 0.337 e. The van der Waals surface area contributed by atoms with Crippen LogP contribution < -0.4 is 0 Å². The summed E-state index contributed by atoms with van der Waals surface area (Å²) in [4.78, 5) is 20.7. The molecule has 1 rings (SSSR count). The van der Waals surface area contributed by atoms with Crippen molar-refractivity contribution in [2.45, 2.75) is 4.90 Å². The molecular formula is C7H5NO5S. The predicted octanol–water partition coefficient (Wildman–Crippen LogP) is 1.37. The van der Waals surface area contributed by atoms with Crippen molar-refractivity contribution in [3.05, 3.63) is 33.9 Å². The molecule has 0 radical (unpaired) electrons. The second-order valence-corrected chi connectivity index (χ2v) is 3.22. The van der Waals surface area contributed by atoms with Crippen LogP contribution in [0.5, 0.6) is 5.75 Å². The lowest BCUT2D eigenvalue weighted by Gasteiger charge is -1.99. The van der Waals surface area contributed by atoms with Crippen LogP contribution in [0.4, 0.5) is 0 Å². The number of carbonyl (C=O) groups is 1. The lowest BCUT2D eigenvalue weighted by Crippen LogP contribution is -1.99. The highest BCUT2D eigenvalue weighted by molar-refractivity contribution is 7.93. The molecule has 7 heteroatoms. The Hall–Kier alpha value is -1.76. The van der Waals surface area contributed by atoms with Gasteiger partial charge in [-0.2, -0.15) is 0 Å². The number of aromatic carboxylic acids is 1. The topological polar surface area (TPSA) is 101 Å². The Bertz CT molecular complexity index is 392. The van der Waals surface area contributed by atoms with Crippen molar-refractivity contribution in [2.24, 2.45) is 0 Å². The van der Waals surface area contributed by atoms with Crippen LogP contribution in [0.2, 0.25) is 0 Å². The van der Waals surface area contributed by atoms with Crippen LogP contribution in [0.3, 0.4) is 0 Å². The third-order valence-electron chi connectivity index (χ3n) is 1.37. The summed E-state index contributed by atoms with van der Waals surface area (Å²) in [6.45, 7) is 0. The van der Waals surface area contributed by atoms with Gasteiger partial charge in [0.05, 0.1) is 10.5 Å². The second-order valence-electron chi connectivity index (χ2n) is 2.30. The van der Waals surface area contributed by atoms with Gasteiger partial charge in [0.25, 0.3) is 11.9 Å². The van der Waals surface area contributed by atoms with Gasteiger partial charge in [0.15, 0.2) is 0 Å². The number of hydrogen-bond donors (Lipinski definition) is 2. The van der Waals surface area contributed by atoms with Crippen molar-refractivity contribution in [1.29, 1.82) is 0 Å². The van der Waals surface area contributed by atoms with Crippen LogP contribution >= 0.6 is 11.9 Å². The van der Waals surface area contributed by atoms with Crippen LogP contribution in [0, 0.1) is 10.1 Å². The highest BCUT2D eigenvalue weighted by Crippen LogP contribution is 2.26. The third-order valence-corrected chi connectivity index (χ3v) is 2.07. The maximum absolute atomic E-state index is 10.6.